The number of amides is 2. The van der Waals surface area contributed by atoms with Crippen molar-refractivity contribution in [3.8, 4) is 22.3 Å². The number of halogens is 4. The molecule has 0 unspecified atom stereocenters. The molecule has 2 fully saturated rings. The topological polar surface area (TPSA) is 103 Å². The molecule has 348 valence electrons. The number of hydrogen-bond acceptors (Lipinski definition) is 7. The molecule has 6 aromatic rings. The first kappa shape index (κ1) is 48.3. The van der Waals surface area contributed by atoms with Crippen molar-refractivity contribution in [3.05, 3.63) is 116 Å². The predicted molar refractivity (Wildman–Crippen MR) is 271 cm³/mol. The fourth-order valence-corrected chi connectivity index (χ4v) is 11.1. The summed E-state index contributed by atoms with van der Waals surface area (Å²) in [5.74, 6) is -1.30. The standard InChI is InChI=1S/C52H50Cl4N4O6S/c1-5-65-51(63)31-17-23-59(24-18-31)45(61)13-9-37-39(33-7-11-41-35(27-33)15-21-57(41)3)29-43(49(55)47(37)53)67-44-30-40(34-8-12-42-36(28-34)16-22-58(42)4)38(48(54)50(44)56)10-14-46(62)60-25-19-32(20-26-60)52(64)66-6-2/h7-16,21-22,27-32H,5-6,17-20,23-26H2,1-4H3. The summed E-state index contributed by atoms with van der Waals surface area (Å²) in [4.78, 5) is 56.6. The lowest BCUT2D eigenvalue weighted by molar-refractivity contribution is -0.151. The Bertz CT molecular complexity index is 2760. The molecule has 0 bridgehead atoms. The van der Waals surface area contributed by atoms with Gasteiger partial charge in [-0.3, -0.25) is 19.2 Å². The number of nitrogens with zero attached hydrogens (tertiary/aromatic N) is 4. The minimum atomic E-state index is -0.228. The molecule has 8 rings (SSSR count). The van der Waals surface area contributed by atoms with Gasteiger partial charge in [0.2, 0.25) is 11.8 Å². The maximum absolute atomic E-state index is 13.6. The largest absolute Gasteiger partial charge is 0.466 e. The van der Waals surface area contributed by atoms with E-state index in [1.54, 1.807) is 35.8 Å². The fourth-order valence-electron chi connectivity index (χ4n) is 8.91. The Hall–Kier alpha value is -5.17. The zero-order chi connectivity index (χ0) is 47.5. The minimum Gasteiger partial charge on any atom is -0.466 e. The second-order valence-corrected chi connectivity index (χ2v) is 19.4. The predicted octanol–water partition coefficient (Wildman–Crippen LogP) is 12.4. The highest BCUT2D eigenvalue weighted by atomic mass is 35.5. The van der Waals surface area contributed by atoms with Crippen LogP contribution in [-0.2, 0) is 42.7 Å². The molecule has 2 amide bonds. The van der Waals surface area contributed by atoms with Crippen LogP contribution in [0, 0.1) is 11.8 Å². The average Bonchev–Trinajstić information content (AvgIpc) is 3.91. The molecule has 4 aromatic carbocycles. The van der Waals surface area contributed by atoms with Crippen LogP contribution in [0.5, 0.6) is 0 Å². The Morgan fingerprint density at radius 2 is 0.970 bits per heavy atom. The molecule has 0 atom stereocenters. The van der Waals surface area contributed by atoms with E-state index in [0.717, 1.165) is 44.1 Å². The van der Waals surface area contributed by atoms with Gasteiger partial charge >= 0.3 is 11.9 Å². The van der Waals surface area contributed by atoms with Gasteiger partial charge in [-0.05, 0) is 122 Å². The highest BCUT2D eigenvalue weighted by Crippen LogP contribution is 2.49. The molecule has 0 radical (unpaired) electrons. The molecule has 4 heterocycles. The molecule has 15 heteroatoms. The normalized spacial score (nSPS) is 15.1. The van der Waals surface area contributed by atoms with E-state index in [2.05, 4.69) is 12.1 Å². The summed E-state index contributed by atoms with van der Waals surface area (Å²) in [6.45, 7) is 5.95. The maximum atomic E-state index is 13.6. The van der Waals surface area contributed by atoms with E-state index < -0.39 is 0 Å². The van der Waals surface area contributed by atoms with Gasteiger partial charge in [-0.15, -0.1) is 0 Å². The van der Waals surface area contributed by atoms with E-state index in [4.69, 9.17) is 55.9 Å². The first-order valence-electron chi connectivity index (χ1n) is 22.4. The lowest BCUT2D eigenvalue weighted by Crippen LogP contribution is -2.39. The number of carbonyl (C=O) groups excluding carboxylic acids is 4. The van der Waals surface area contributed by atoms with Gasteiger partial charge in [0.15, 0.2) is 0 Å². The van der Waals surface area contributed by atoms with Crippen LogP contribution in [0.3, 0.4) is 0 Å². The Balaban J connectivity index is 1.15. The monoisotopic (exact) mass is 998 g/mol. The SMILES string of the molecule is CCOC(=O)C1CCN(C(=O)C=Cc2c(-c3ccc4c(ccn4C)c3)cc(Sc3cc(-c4ccc5c(ccn5C)c4)c(C=CC(=O)N4CCC(C(=O)OCC)CC4)c(Cl)c3Cl)c(Cl)c2Cl)CC1. The van der Waals surface area contributed by atoms with Crippen LogP contribution in [-0.4, -0.2) is 82.1 Å². The molecule has 2 aliphatic heterocycles. The Labute approximate surface area is 414 Å². The Morgan fingerprint density at radius 3 is 1.34 bits per heavy atom. The maximum Gasteiger partial charge on any atom is 0.309 e. The summed E-state index contributed by atoms with van der Waals surface area (Å²) in [6.07, 6.45) is 12.6. The van der Waals surface area contributed by atoms with E-state index >= 15 is 0 Å². The van der Waals surface area contributed by atoms with Crippen molar-refractivity contribution in [2.24, 2.45) is 25.9 Å². The van der Waals surface area contributed by atoms with Crippen molar-refractivity contribution in [2.75, 3.05) is 39.4 Å². The Kier molecular flexibility index (Phi) is 15.1. The summed E-state index contributed by atoms with van der Waals surface area (Å²) in [7, 11) is 3.98. The van der Waals surface area contributed by atoms with Gasteiger partial charge < -0.3 is 28.4 Å². The number of ether oxygens (including phenoxy) is 2. The fraction of sp³-hybridized carbons (Fsp3) is 0.308. The average molecular weight is 1000 g/mol. The van der Waals surface area contributed by atoms with E-state index in [-0.39, 0.29) is 55.7 Å². The third-order valence-corrected chi connectivity index (χ3v) is 15.7. The van der Waals surface area contributed by atoms with Crippen molar-refractivity contribution < 1.29 is 28.7 Å². The van der Waals surface area contributed by atoms with Gasteiger partial charge in [0.25, 0.3) is 0 Å². The van der Waals surface area contributed by atoms with Crippen molar-refractivity contribution in [3.63, 3.8) is 0 Å². The highest BCUT2D eigenvalue weighted by Gasteiger charge is 2.29. The van der Waals surface area contributed by atoms with Crippen LogP contribution in [0.2, 0.25) is 20.1 Å². The van der Waals surface area contributed by atoms with Gasteiger partial charge in [-0.2, -0.15) is 0 Å². The summed E-state index contributed by atoms with van der Waals surface area (Å²) in [6, 6.07) is 20.3. The summed E-state index contributed by atoms with van der Waals surface area (Å²) in [5, 5.41) is 3.07. The van der Waals surface area contributed by atoms with Crippen LogP contribution in [0.15, 0.2) is 95.0 Å². The number of hydrogen-bond donors (Lipinski definition) is 0. The third-order valence-electron chi connectivity index (χ3n) is 12.7. The summed E-state index contributed by atoms with van der Waals surface area (Å²) >= 11 is 30.2. The van der Waals surface area contributed by atoms with Crippen molar-refractivity contribution >= 4 is 116 Å². The van der Waals surface area contributed by atoms with Gasteiger partial charge in [0.05, 0.1) is 45.1 Å². The number of carbonyl (C=O) groups is 4. The van der Waals surface area contributed by atoms with E-state index in [9.17, 15) is 19.2 Å². The molecule has 0 spiro atoms. The highest BCUT2D eigenvalue weighted by molar-refractivity contribution is 7.99. The van der Waals surface area contributed by atoms with Crippen molar-refractivity contribution in [2.45, 2.75) is 49.3 Å². The van der Waals surface area contributed by atoms with Crippen LogP contribution >= 0.6 is 58.2 Å². The number of fused-ring (bicyclic) bond motifs is 2. The Morgan fingerprint density at radius 1 is 0.582 bits per heavy atom. The molecular formula is C52H50Cl4N4O6S. The van der Waals surface area contributed by atoms with E-state index in [0.29, 0.717) is 86.0 Å². The lowest BCUT2D eigenvalue weighted by Gasteiger charge is -2.30. The summed E-state index contributed by atoms with van der Waals surface area (Å²) in [5.41, 5.74) is 6.44. The lowest BCUT2D eigenvalue weighted by atomic mass is 9.96. The quantitative estimate of drug-likeness (QED) is 0.0888. The van der Waals surface area contributed by atoms with Gasteiger partial charge in [0.1, 0.15) is 0 Å². The number of aromatic nitrogens is 2. The van der Waals surface area contributed by atoms with Crippen molar-refractivity contribution in [1.29, 1.82) is 0 Å². The van der Waals surface area contributed by atoms with Crippen LogP contribution in [0.25, 0.3) is 56.2 Å². The number of benzene rings is 4. The van der Waals surface area contributed by atoms with Crippen LogP contribution in [0.1, 0.15) is 50.7 Å². The molecule has 2 saturated heterocycles. The van der Waals surface area contributed by atoms with Crippen LogP contribution < -0.4 is 0 Å². The van der Waals surface area contributed by atoms with Gasteiger partial charge in [0, 0.05) is 108 Å². The van der Waals surface area contributed by atoms with Gasteiger partial charge in [-0.25, -0.2) is 0 Å². The second-order valence-electron chi connectivity index (χ2n) is 16.8. The zero-order valence-corrected chi connectivity index (χ0v) is 41.5. The van der Waals surface area contributed by atoms with E-state index in [1.807, 2.05) is 84.2 Å². The van der Waals surface area contributed by atoms with E-state index in [1.165, 1.54) is 23.9 Å². The molecule has 67 heavy (non-hydrogen) atoms. The molecule has 10 nitrogen and oxygen atoms in total. The number of likely N-dealkylation sites (tertiary alicyclic amines) is 2. The third kappa shape index (κ3) is 10.3. The molecule has 2 aliphatic rings. The molecule has 0 N–H and O–H groups in total. The number of piperidine rings is 2. The second kappa shape index (κ2) is 21.0. The minimum absolute atomic E-state index is 0.200. The number of rotatable bonds is 12. The molecule has 0 saturated carbocycles. The van der Waals surface area contributed by atoms with Gasteiger partial charge in [-0.1, -0.05) is 70.3 Å². The first-order chi connectivity index (χ1) is 32.3. The number of esters is 2. The molecular weight excluding hydrogens is 950 g/mol. The summed E-state index contributed by atoms with van der Waals surface area (Å²) < 4.78 is 14.5. The van der Waals surface area contributed by atoms with Crippen LogP contribution in [0.4, 0.5) is 0 Å². The van der Waals surface area contributed by atoms with Crippen molar-refractivity contribution in [1.82, 2.24) is 18.9 Å². The zero-order valence-electron chi connectivity index (χ0n) is 37.6. The molecule has 2 aromatic heterocycles. The molecule has 0 aliphatic carbocycles. The smallest absolute Gasteiger partial charge is 0.309 e. The number of aryl methyl sites for hydroxylation is 2. The first-order valence-corrected chi connectivity index (χ1v) is 24.7.